The van der Waals surface area contributed by atoms with Crippen LogP contribution in [0.25, 0.3) is 0 Å². The molecule has 0 fully saturated rings. The van der Waals surface area contributed by atoms with Gasteiger partial charge < -0.3 is 4.74 Å². The first-order valence-electron chi connectivity index (χ1n) is 4.00. The van der Waals surface area contributed by atoms with Crippen molar-refractivity contribution < 1.29 is 4.74 Å². The standard InChI is InChI=1S/C8H18OS2/c1-7(5-10)3-9-4-8(2)6-11/h7-8,10-11H,3-6H2,1-2H3. The first-order valence-corrected chi connectivity index (χ1v) is 5.26. The molecule has 0 heterocycles. The number of thiol groups is 2. The molecule has 3 heteroatoms. The lowest BCUT2D eigenvalue weighted by Crippen LogP contribution is -2.13. The van der Waals surface area contributed by atoms with Crippen molar-refractivity contribution in [3.63, 3.8) is 0 Å². The maximum Gasteiger partial charge on any atom is 0.0499 e. The molecule has 0 aromatic carbocycles. The largest absolute Gasteiger partial charge is 0.381 e. The Balaban J connectivity index is 3.13. The Labute approximate surface area is 80.7 Å². The molecule has 0 radical (unpaired) electrons. The van der Waals surface area contributed by atoms with E-state index in [2.05, 4.69) is 39.1 Å². The van der Waals surface area contributed by atoms with E-state index in [0.717, 1.165) is 24.7 Å². The molecule has 0 saturated heterocycles. The van der Waals surface area contributed by atoms with Crippen molar-refractivity contribution >= 4 is 25.3 Å². The summed E-state index contributed by atoms with van der Waals surface area (Å²) in [5, 5.41) is 0. The maximum absolute atomic E-state index is 5.44. The molecular formula is C8H18OS2. The molecular weight excluding hydrogens is 176 g/mol. The molecule has 1 nitrogen and oxygen atoms in total. The van der Waals surface area contributed by atoms with Crippen molar-refractivity contribution in [1.29, 1.82) is 0 Å². The minimum absolute atomic E-state index is 0.561. The van der Waals surface area contributed by atoms with E-state index in [1.807, 2.05) is 0 Å². The van der Waals surface area contributed by atoms with Crippen molar-refractivity contribution in [2.75, 3.05) is 24.7 Å². The Bertz CT molecular complexity index is 78.2. The molecule has 0 aliphatic carbocycles. The van der Waals surface area contributed by atoms with E-state index in [4.69, 9.17) is 4.74 Å². The third kappa shape index (κ3) is 7.04. The second-order valence-electron chi connectivity index (χ2n) is 3.11. The summed E-state index contributed by atoms with van der Waals surface area (Å²) in [5.74, 6) is 2.92. The molecule has 0 rings (SSSR count). The highest BCUT2D eigenvalue weighted by molar-refractivity contribution is 7.80. The Kier molecular flexibility index (Phi) is 7.76. The summed E-state index contributed by atoms with van der Waals surface area (Å²) in [4.78, 5) is 0. The van der Waals surface area contributed by atoms with Gasteiger partial charge in [0.25, 0.3) is 0 Å². The summed E-state index contributed by atoms with van der Waals surface area (Å²) in [6.45, 7) is 5.92. The fourth-order valence-corrected chi connectivity index (χ4v) is 0.787. The van der Waals surface area contributed by atoms with Gasteiger partial charge in [-0.1, -0.05) is 13.8 Å². The van der Waals surface area contributed by atoms with Crippen LogP contribution in [-0.4, -0.2) is 24.7 Å². The van der Waals surface area contributed by atoms with E-state index in [9.17, 15) is 0 Å². The molecule has 68 valence electrons. The average Bonchev–Trinajstić information content (AvgIpc) is 2.04. The molecule has 0 aliphatic rings. The number of ether oxygens (including phenoxy) is 1. The van der Waals surface area contributed by atoms with Gasteiger partial charge in [0.15, 0.2) is 0 Å². The lowest BCUT2D eigenvalue weighted by atomic mass is 10.2. The predicted molar refractivity (Wildman–Crippen MR) is 56.9 cm³/mol. The molecule has 0 saturated carbocycles. The Morgan fingerprint density at radius 1 is 1.00 bits per heavy atom. The summed E-state index contributed by atoms with van der Waals surface area (Å²) in [6, 6.07) is 0. The lowest BCUT2D eigenvalue weighted by Gasteiger charge is -2.11. The molecule has 0 aliphatic heterocycles. The van der Waals surface area contributed by atoms with Crippen LogP contribution >= 0.6 is 25.3 Å². The van der Waals surface area contributed by atoms with Gasteiger partial charge in [-0.25, -0.2) is 0 Å². The van der Waals surface area contributed by atoms with Gasteiger partial charge in [0.1, 0.15) is 0 Å². The van der Waals surface area contributed by atoms with Gasteiger partial charge in [-0.15, -0.1) is 0 Å². The summed E-state index contributed by atoms with van der Waals surface area (Å²) < 4.78 is 5.44. The van der Waals surface area contributed by atoms with Gasteiger partial charge in [-0.3, -0.25) is 0 Å². The first-order chi connectivity index (χ1) is 5.20. The van der Waals surface area contributed by atoms with Gasteiger partial charge in [0, 0.05) is 13.2 Å². The van der Waals surface area contributed by atoms with Crippen LogP contribution < -0.4 is 0 Å². The van der Waals surface area contributed by atoms with Crippen LogP contribution in [0.5, 0.6) is 0 Å². The molecule has 0 N–H and O–H groups in total. The molecule has 0 aromatic rings. The Morgan fingerprint density at radius 2 is 1.36 bits per heavy atom. The predicted octanol–water partition coefficient (Wildman–Crippen LogP) is 2.13. The van der Waals surface area contributed by atoms with Crippen LogP contribution in [0.1, 0.15) is 13.8 Å². The van der Waals surface area contributed by atoms with E-state index >= 15 is 0 Å². The van der Waals surface area contributed by atoms with Crippen LogP contribution in [0, 0.1) is 11.8 Å². The molecule has 0 amide bonds. The fourth-order valence-electron chi connectivity index (χ4n) is 0.576. The Morgan fingerprint density at radius 3 is 1.64 bits per heavy atom. The molecule has 11 heavy (non-hydrogen) atoms. The second-order valence-corrected chi connectivity index (χ2v) is 3.84. The number of rotatable bonds is 6. The van der Waals surface area contributed by atoms with Crippen molar-refractivity contribution in [2.45, 2.75) is 13.8 Å². The van der Waals surface area contributed by atoms with Crippen molar-refractivity contribution in [2.24, 2.45) is 11.8 Å². The monoisotopic (exact) mass is 194 g/mol. The molecule has 0 aromatic heterocycles. The molecule has 0 bridgehead atoms. The lowest BCUT2D eigenvalue weighted by molar-refractivity contribution is 0.0909. The van der Waals surface area contributed by atoms with Gasteiger partial charge in [0.05, 0.1) is 0 Å². The van der Waals surface area contributed by atoms with E-state index in [0.29, 0.717) is 11.8 Å². The van der Waals surface area contributed by atoms with Crippen molar-refractivity contribution in [3.05, 3.63) is 0 Å². The molecule has 2 atom stereocenters. The third-order valence-corrected chi connectivity index (χ3v) is 2.67. The smallest absolute Gasteiger partial charge is 0.0499 e. The van der Waals surface area contributed by atoms with Crippen LogP contribution in [0.15, 0.2) is 0 Å². The molecule has 2 unspecified atom stereocenters. The Hall–Kier alpha value is 0.660. The number of hydrogen-bond acceptors (Lipinski definition) is 3. The zero-order valence-corrected chi connectivity index (χ0v) is 9.07. The zero-order chi connectivity index (χ0) is 8.69. The summed E-state index contributed by atoms with van der Waals surface area (Å²) in [6.07, 6.45) is 0. The minimum atomic E-state index is 0.561. The van der Waals surface area contributed by atoms with Crippen molar-refractivity contribution in [1.82, 2.24) is 0 Å². The van der Waals surface area contributed by atoms with E-state index in [1.54, 1.807) is 0 Å². The molecule has 0 spiro atoms. The van der Waals surface area contributed by atoms with Crippen molar-refractivity contribution in [3.8, 4) is 0 Å². The van der Waals surface area contributed by atoms with Gasteiger partial charge in [-0.05, 0) is 23.3 Å². The number of hydrogen-bond donors (Lipinski definition) is 2. The van der Waals surface area contributed by atoms with Gasteiger partial charge in [-0.2, -0.15) is 25.3 Å². The van der Waals surface area contributed by atoms with Gasteiger partial charge >= 0.3 is 0 Å². The van der Waals surface area contributed by atoms with Crippen LogP contribution in [0.4, 0.5) is 0 Å². The fraction of sp³-hybridized carbons (Fsp3) is 1.00. The highest BCUT2D eigenvalue weighted by Crippen LogP contribution is 2.02. The summed E-state index contributed by atoms with van der Waals surface area (Å²) >= 11 is 8.34. The first kappa shape index (κ1) is 11.7. The van der Waals surface area contributed by atoms with Crippen LogP contribution in [0.2, 0.25) is 0 Å². The third-order valence-electron chi connectivity index (χ3n) is 1.43. The van der Waals surface area contributed by atoms with E-state index < -0.39 is 0 Å². The second kappa shape index (κ2) is 7.32. The highest BCUT2D eigenvalue weighted by atomic mass is 32.1. The maximum atomic E-state index is 5.44. The average molecular weight is 194 g/mol. The van der Waals surface area contributed by atoms with E-state index in [-0.39, 0.29) is 0 Å². The minimum Gasteiger partial charge on any atom is -0.381 e. The van der Waals surface area contributed by atoms with Crippen LogP contribution in [-0.2, 0) is 4.74 Å². The highest BCUT2D eigenvalue weighted by Gasteiger charge is 2.01. The van der Waals surface area contributed by atoms with Crippen LogP contribution in [0.3, 0.4) is 0 Å². The summed E-state index contributed by atoms with van der Waals surface area (Å²) in [7, 11) is 0. The quantitative estimate of drug-likeness (QED) is 0.616. The SMILES string of the molecule is CC(CS)COCC(C)CS. The topological polar surface area (TPSA) is 9.23 Å². The zero-order valence-electron chi connectivity index (χ0n) is 7.29. The van der Waals surface area contributed by atoms with Gasteiger partial charge in [0.2, 0.25) is 0 Å². The normalized spacial score (nSPS) is 16.4. The van der Waals surface area contributed by atoms with E-state index in [1.165, 1.54) is 0 Å². The summed E-state index contributed by atoms with van der Waals surface area (Å²) in [5.41, 5.74) is 0.